The molecule has 2 N–H and O–H groups in total. The van der Waals surface area contributed by atoms with Gasteiger partial charge in [-0.2, -0.15) is 0 Å². The fraction of sp³-hybridized carbons (Fsp3) is 0.917. The number of ether oxygens (including phenoxy) is 1. The SMILES string of the molecule is CC1CCN(C(=O)[C@H]2CCCO2)CC1CN. The van der Waals surface area contributed by atoms with Crippen LogP contribution in [-0.2, 0) is 9.53 Å². The zero-order chi connectivity index (χ0) is 11.5. The van der Waals surface area contributed by atoms with Crippen LogP contribution in [0, 0.1) is 11.8 Å². The summed E-state index contributed by atoms with van der Waals surface area (Å²) in [6.07, 6.45) is 2.80. The molecule has 2 rings (SSSR count). The third kappa shape index (κ3) is 2.38. The summed E-state index contributed by atoms with van der Waals surface area (Å²) >= 11 is 0. The van der Waals surface area contributed by atoms with E-state index >= 15 is 0 Å². The lowest BCUT2D eigenvalue weighted by Gasteiger charge is -2.37. The van der Waals surface area contributed by atoms with E-state index < -0.39 is 0 Å². The molecule has 2 saturated heterocycles. The predicted molar refractivity (Wildman–Crippen MR) is 61.9 cm³/mol. The molecule has 92 valence electrons. The van der Waals surface area contributed by atoms with Crippen LogP contribution >= 0.6 is 0 Å². The van der Waals surface area contributed by atoms with Crippen LogP contribution in [0.2, 0.25) is 0 Å². The Morgan fingerprint density at radius 2 is 2.31 bits per heavy atom. The van der Waals surface area contributed by atoms with Gasteiger partial charge in [-0.3, -0.25) is 4.79 Å². The first-order chi connectivity index (χ1) is 7.72. The molecule has 0 aromatic carbocycles. The van der Waals surface area contributed by atoms with Crippen molar-refractivity contribution in [2.75, 3.05) is 26.2 Å². The van der Waals surface area contributed by atoms with Crippen LogP contribution in [0.25, 0.3) is 0 Å². The molecule has 0 saturated carbocycles. The van der Waals surface area contributed by atoms with Crippen LogP contribution in [-0.4, -0.2) is 43.2 Å². The van der Waals surface area contributed by atoms with Gasteiger partial charge in [-0.1, -0.05) is 6.92 Å². The van der Waals surface area contributed by atoms with Crippen molar-refractivity contribution in [1.82, 2.24) is 4.90 Å². The molecule has 2 fully saturated rings. The lowest BCUT2D eigenvalue weighted by atomic mass is 9.87. The molecule has 4 nitrogen and oxygen atoms in total. The van der Waals surface area contributed by atoms with Gasteiger partial charge in [0, 0.05) is 19.7 Å². The van der Waals surface area contributed by atoms with Crippen molar-refractivity contribution in [3.8, 4) is 0 Å². The summed E-state index contributed by atoms with van der Waals surface area (Å²) in [5.41, 5.74) is 5.74. The second kappa shape index (κ2) is 5.15. The van der Waals surface area contributed by atoms with E-state index in [0.29, 0.717) is 18.4 Å². The minimum atomic E-state index is -0.174. The second-order valence-corrected chi connectivity index (χ2v) is 5.05. The molecule has 16 heavy (non-hydrogen) atoms. The maximum absolute atomic E-state index is 12.1. The Labute approximate surface area is 97.1 Å². The van der Waals surface area contributed by atoms with E-state index in [1.165, 1.54) is 0 Å². The molecule has 0 radical (unpaired) electrons. The van der Waals surface area contributed by atoms with Crippen molar-refractivity contribution in [2.45, 2.75) is 32.3 Å². The van der Waals surface area contributed by atoms with Gasteiger partial charge >= 0.3 is 0 Å². The van der Waals surface area contributed by atoms with Crippen LogP contribution in [0.15, 0.2) is 0 Å². The fourth-order valence-corrected chi connectivity index (χ4v) is 2.63. The standard InChI is InChI=1S/C12H22N2O2/c1-9-4-5-14(8-10(9)7-13)12(15)11-3-2-6-16-11/h9-11H,2-8,13H2,1H3/t9?,10?,11-/m1/s1. The lowest BCUT2D eigenvalue weighted by molar-refractivity contribution is -0.143. The van der Waals surface area contributed by atoms with Gasteiger partial charge in [-0.15, -0.1) is 0 Å². The van der Waals surface area contributed by atoms with Gasteiger partial charge in [0.1, 0.15) is 6.10 Å². The topological polar surface area (TPSA) is 55.6 Å². The first kappa shape index (κ1) is 11.9. The molecule has 3 atom stereocenters. The number of rotatable bonds is 2. The van der Waals surface area contributed by atoms with Crippen molar-refractivity contribution in [2.24, 2.45) is 17.6 Å². The minimum Gasteiger partial charge on any atom is -0.368 e. The maximum Gasteiger partial charge on any atom is 0.251 e. The van der Waals surface area contributed by atoms with E-state index in [0.717, 1.165) is 39.0 Å². The molecule has 0 aromatic heterocycles. The summed E-state index contributed by atoms with van der Waals surface area (Å²) in [5, 5.41) is 0. The van der Waals surface area contributed by atoms with E-state index in [-0.39, 0.29) is 12.0 Å². The van der Waals surface area contributed by atoms with Crippen molar-refractivity contribution < 1.29 is 9.53 Å². The van der Waals surface area contributed by atoms with Gasteiger partial charge < -0.3 is 15.4 Å². The third-order valence-corrected chi connectivity index (χ3v) is 3.93. The summed E-state index contributed by atoms with van der Waals surface area (Å²) in [6, 6.07) is 0. The smallest absolute Gasteiger partial charge is 0.251 e. The van der Waals surface area contributed by atoms with Crippen LogP contribution in [0.1, 0.15) is 26.2 Å². The summed E-state index contributed by atoms with van der Waals surface area (Å²) in [6.45, 7) is 5.33. The molecule has 4 heteroatoms. The van der Waals surface area contributed by atoms with Gasteiger partial charge in [0.2, 0.25) is 0 Å². The average molecular weight is 226 g/mol. The molecule has 2 aliphatic heterocycles. The van der Waals surface area contributed by atoms with Crippen LogP contribution in [0.3, 0.4) is 0 Å². The number of nitrogens with zero attached hydrogens (tertiary/aromatic N) is 1. The maximum atomic E-state index is 12.1. The molecule has 2 aliphatic rings. The van der Waals surface area contributed by atoms with E-state index in [1.807, 2.05) is 4.90 Å². The predicted octanol–water partition coefficient (Wildman–Crippen LogP) is 0.609. The zero-order valence-electron chi connectivity index (χ0n) is 10.0. The van der Waals surface area contributed by atoms with Crippen LogP contribution in [0.5, 0.6) is 0 Å². The number of carbonyl (C=O) groups excluding carboxylic acids is 1. The molecule has 0 bridgehead atoms. The third-order valence-electron chi connectivity index (χ3n) is 3.93. The molecule has 2 unspecified atom stereocenters. The van der Waals surface area contributed by atoms with Crippen molar-refractivity contribution in [1.29, 1.82) is 0 Å². The van der Waals surface area contributed by atoms with Crippen LogP contribution in [0.4, 0.5) is 0 Å². The molecular weight excluding hydrogens is 204 g/mol. The molecular formula is C12H22N2O2. The van der Waals surface area contributed by atoms with Crippen molar-refractivity contribution in [3.05, 3.63) is 0 Å². The minimum absolute atomic E-state index is 0.174. The monoisotopic (exact) mass is 226 g/mol. The summed E-state index contributed by atoms with van der Waals surface area (Å²) in [7, 11) is 0. The lowest BCUT2D eigenvalue weighted by Crippen LogP contribution is -2.48. The van der Waals surface area contributed by atoms with Gasteiger partial charge in [0.05, 0.1) is 0 Å². The van der Waals surface area contributed by atoms with Gasteiger partial charge in [0.25, 0.3) is 5.91 Å². The largest absolute Gasteiger partial charge is 0.368 e. The number of amides is 1. The molecule has 1 amide bonds. The summed E-state index contributed by atoms with van der Waals surface area (Å²) in [4.78, 5) is 14.1. The number of hydrogen-bond acceptors (Lipinski definition) is 3. The van der Waals surface area contributed by atoms with Crippen LogP contribution < -0.4 is 5.73 Å². The van der Waals surface area contributed by atoms with E-state index in [2.05, 4.69) is 6.92 Å². The Bertz CT molecular complexity index is 251. The number of likely N-dealkylation sites (tertiary alicyclic amines) is 1. The highest BCUT2D eigenvalue weighted by atomic mass is 16.5. The highest BCUT2D eigenvalue weighted by Crippen LogP contribution is 2.24. The summed E-state index contributed by atoms with van der Waals surface area (Å²) in [5.74, 6) is 1.28. The highest BCUT2D eigenvalue weighted by Gasteiger charge is 2.33. The Morgan fingerprint density at radius 3 is 2.94 bits per heavy atom. The van der Waals surface area contributed by atoms with Gasteiger partial charge in [-0.25, -0.2) is 0 Å². The molecule has 2 heterocycles. The quantitative estimate of drug-likeness (QED) is 0.750. The van der Waals surface area contributed by atoms with Crippen molar-refractivity contribution >= 4 is 5.91 Å². The zero-order valence-corrected chi connectivity index (χ0v) is 10.0. The summed E-state index contributed by atoms with van der Waals surface area (Å²) < 4.78 is 5.44. The number of hydrogen-bond donors (Lipinski definition) is 1. The Balaban J connectivity index is 1.91. The first-order valence-corrected chi connectivity index (χ1v) is 6.33. The van der Waals surface area contributed by atoms with E-state index in [1.54, 1.807) is 0 Å². The molecule has 0 aromatic rings. The fourth-order valence-electron chi connectivity index (χ4n) is 2.63. The number of piperidine rings is 1. The Morgan fingerprint density at radius 1 is 1.50 bits per heavy atom. The van der Waals surface area contributed by atoms with E-state index in [4.69, 9.17) is 10.5 Å². The first-order valence-electron chi connectivity index (χ1n) is 6.33. The van der Waals surface area contributed by atoms with Crippen molar-refractivity contribution in [3.63, 3.8) is 0 Å². The Hall–Kier alpha value is -0.610. The van der Waals surface area contributed by atoms with Gasteiger partial charge in [-0.05, 0) is 37.6 Å². The number of carbonyl (C=O) groups is 1. The molecule has 0 aliphatic carbocycles. The highest BCUT2D eigenvalue weighted by molar-refractivity contribution is 5.81. The average Bonchev–Trinajstić information content (AvgIpc) is 2.82. The van der Waals surface area contributed by atoms with Gasteiger partial charge in [0.15, 0.2) is 0 Å². The Kier molecular flexibility index (Phi) is 3.82. The molecule has 0 spiro atoms. The second-order valence-electron chi connectivity index (χ2n) is 5.05. The van der Waals surface area contributed by atoms with E-state index in [9.17, 15) is 4.79 Å². The normalized spacial score (nSPS) is 35.4. The number of nitrogens with two attached hydrogens (primary N) is 1.